The number of hydrogen-bond acceptors (Lipinski definition) is 4. The van der Waals surface area contributed by atoms with Crippen molar-refractivity contribution in [3.63, 3.8) is 0 Å². The second-order valence-corrected chi connectivity index (χ2v) is 3.16. The van der Waals surface area contributed by atoms with E-state index in [0.29, 0.717) is 0 Å². The minimum Gasteiger partial charge on any atom is -0.467 e. The number of rotatable bonds is 3. The molecule has 1 fully saturated rings. The Morgan fingerprint density at radius 3 is 2.46 bits per heavy atom. The van der Waals surface area contributed by atoms with Crippen LogP contribution in [-0.2, 0) is 19.1 Å². The summed E-state index contributed by atoms with van der Waals surface area (Å²) in [6.07, 6.45) is -1.36. The average Bonchev–Trinajstić information content (AvgIpc) is 2.80. The highest BCUT2D eigenvalue weighted by Gasteiger charge is 2.51. The molecule has 0 radical (unpaired) electrons. The number of carbonyl (C=O) groups is 2. The van der Waals surface area contributed by atoms with E-state index in [0.717, 1.165) is 0 Å². The van der Waals surface area contributed by atoms with Gasteiger partial charge in [0.2, 0.25) is 0 Å². The summed E-state index contributed by atoms with van der Waals surface area (Å²) < 4.78 is 9.26. The predicted molar refractivity (Wildman–Crippen MR) is 44.0 cm³/mol. The van der Waals surface area contributed by atoms with Crippen LogP contribution in [0.2, 0.25) is 0 Å². The molecule has 13 heavy (non-hydrogen) atoms. The lowest BCUT2D eigenvalue weighted by molar-refractivity contribution is -0.142. The molecular formula is C8H13NO4. The van der Waals surface area contributed by atoms with E-state index in [9.17, 15) is 9.59 Å². The zero-order valence-corrected chi connectivity index (χ0v) is 7.87. The number of carbonyl (C=O) groups excluding carboxylic acids is 2. The van der Waals surface area contributed by atoms with E-state index in [4.69, 9.17) is 4.74 Å². The Balaban J connectivity index is 2.34. The molecule has 1 heterocycles. The second-order valence-electron chi connectivity index (χ2n) is 3.16. The first kappa shape index (κ1) is 9.98. The van der Waals surface area contributed by atoms with E-state index in [1.165, 1.54) is 7.11 Å². The molecule has 5 nitrogen and oxygen atoms in total. The lowest BCUT2D eigenvalue weighted by Crippen LogP contribution is -2.35. The Labute approximate surface area is 76.4 Å². The van der Waals surface area contributed by atoms with Gasteiger partial charge in [0.1, 0.15) is 0 Å². The summed E-state index contributed by atoms with van der Waals surface area (Å²) >= 11 is 0. The molecule has 0 bridgehead atoms. The van der Waals surface area contributed by atoms with Crippen LogP contribution in [0.15, 0.2) is 0 Å². The van der Waals surface area contributed by atoms with Crippen molar-refractivity contribution < 1.29 is 19.1 Å². The van der Waals surface area contributed by atoms with Crippen molar-refractivity contribution in [2.75, 3.05) is 7.11 Å². The first-order valence-electron chi connectivity index (χ1n) is 4.10. The standard InChI is InChI=1S/C8H13NO4/c1-4(2)9-7(10)5-6(13-5)8(11)12-3/h4-6H,1-3H3,(H,9,10). The van der Waals surface area contributed by atoms with Crippen LogP contribution in [0.5, 0.6) is 0 Å². The highest BCUT2D eigenvalue weighted by atomic mass is 16.6. The topological polar surface area (TPSA) is 67.9 Å². The normalized spacial score (nSPS) is 25.5. The Morgan fingerprint density at radius 2 is 2.00 bits per heavy atom. The summed E-state index contributed by atoms with van der Waals surface area (Å²) in [6, 6.07) is 0.0509. The van der Waals surface area contributed by atoms with Crippen LogP contribution in [0.25, 0.3) is 0 Å². The first-order chi connectivity index (χ1) is 6.06. The molecule has 0 spiro atoms. The van der Waals surface area contributed by atoms with E-state index >= 15 is 0 Å². The van der Waals surface area contributed by atoms with E-state index in [-0.39, 0.29) is 11.9 Å². The van der Waals surface area contributed by atoms with Crippen molar-refractivity contribution >= 4 is 11.9 Å². The summed E-state index contributed by atoms with van der Waals surface area (Å²) in [6.45, 7) is 3.68. The highest BCUT2D eigenvalue weighted by Crippen LogP contribution is 2.23. The minimum absolute atomic E-state index is 0.0509. The predicted octanol–water partition coefficient (Wildman–Crippen LogP) is -0.549. The Morgan fingerprint density at radius 1 is 1.38 bits per heavy atom. The van der Waals surface area contributed by atoms with Crippen LogP contribution in [0, 0.1) is 0 Å². The third-order valence-corrected chi connectivity index (χ3v) is 1.61. The number of hydrogen-bond donors (Lipinski definition) is 1. The van der Waals surface area contributed by atoms with Crippen molar-refractivity contribution in [1.29, 1.82) is 0 Å². The molecule has 0 aromatic heterocycles. The fourth-order valence-corrected chi connectivity index (χ4v) is 0.974. The first-order valence-corrected chi connectivity index (χ1v) is 4.10. The van der Waals surface area contributed by atoms with Gasteiger partial charge in [0.25, 0.3) is 5.91 Å². The quantitative estimate of drug-likeness (QED) is 0.475. The average molecular weight is 187 g/mol. The molecule has 1 saturated heterocycles. The van der Waals surface area contributed by atoms with Gasteiger partial charge in [-0.1, -0.05) is 0 Å². The van der Waals surface area contributed by atoms with Gasteiger partial charge in [-0.3, -0.25) is 4.79 Å². The van der Waals surface area contributed by atoms with Gasteiger partial charge in [-0.25, -0.2) is 4.79 Å². The third kappa shape index (κ3) is 2.42. The van der Waals surface area contributed by atoms with Gasteiger partial charge in [0, 0.05) is 6.04 Å². The highest BCUT2D eigenvalue weighted by molar-refractivity contribution is 5.92. The molecule has 1 rings (SSSR count). The number of amides is 1. The summed E-state index contributed by atoms with van der Waals surface area (Å²) in [5, 5.41) is 2.64. The van der Waals surface area contributed by atoms with Crippen LogP contribution < -0.4 is 5.32 Å². The lowest BCUT2D eigenvalue weighted by atomic mass is 10.3. The fourth-order valence-electron chi connectivity index (χ4n) is 0.974. The molecule has 0 aromatic carbocycles. The zero-order chi connectivity index (χ0) is 10.0. The number of ether oxygens (including phenoxy) is 2. The van der Waals surface area contributed by atoms with Crippen LogP contribution in [0.1, 0.15) is 13.8 Å². The van der Waals surface area contributed by atoms with E-state index in [1.54, 1.807) is 0 Å². The summed E-state index contributed by atoms with van der Waals surface area (Å²) in [7, 11) is 1.27. The summed E-state index contributed by atoms with van der Waals surface area (Å²) in [5.41, 5.74) is 0. The van der Waals surface area contributed by atoms with Crippen molar-refractivity contribution in [3.8, 4) is 0 Å². The summed E-state index contributed by atoms with van der Waals surface area (Å²) in [4.78, 5) is 22.1. The monoisotopic (exact) mass is 187 g/mol. The molecule has 2 atom stereocenters. The minimum atomic E-state index is -0.705. The maximum atomic E-state index is 11.2. The maximum absolute atomic E-state index is 11.2. The molecule has 1 aliphatic heterocycles. The largest absolute Gasteiger partial charge is 0.467 e. The SMILES string of the molecule is COC(=O)C1OC1C(=O)NC(C)C. The lowest BCUT2D eigenvalue weighted by Gasteiger charge is -2.05. The molecular weight excluding hydrogens is 174 g/mol. The Hall–Kier alpha value is -1.10. The molecule has 0 aliphatic carbocycles. The molecule has 1 N–H and O–H groups in total. The molecule has 0 aromatic rings. The number of esters is 1. The number of methoxy groups -OCH3 is 1. The number of nitrogens with one attached hydrogen (secondary N) is 1. The van der Waals surface area contributed by atoms with Crippen molar-refractivity contribution in [3.05, 3.63) is 0 Å². The van der Waals surface area contributed by atoms with E-state index in [2.05, 4.69) is 10.1 Å². The Bertz CT molecular complexity index is 226. The second kappa shape index (κ2) is 3.74. The van der Waals surface area contributed by atoms with Gasteiger partial charge in [0.05, 0.1) is 7.11 Å². The van der Waals surface area contributed by atoms with Crippen LogP contribution >= 0.6 is 0 Å². The van der Waals surface area contributed by atoms with Crippen molar-refractivity contribution in [1.82, 2.24) is 5.32 Å². The van der Waals surface area contributed by atoms with Crippen molar-refractivity contribution in [2.45, 2.75) is 32.1 Å². The Kier molecular flexibility index (Phi) is 2.87. The van der Waals surface area contributed by atoms with Gasteiger partial charge < -0.3 is 14.8 Å². The zero-order valence-electron chi connectivity index (χ0n) is 7.87. The molecule has 5 heteroatoms. The van der Waals surface area contributed by atoms with E-state index in [1.807, 2.05) is 13.8 Å². The van der Waals surface area contributed by atoms with Gasteiger partial charge >= 0.3 is 5.97 Å². The molecule has 74 valence electrons. The van der Waals surface area contributed by atoms with Crippen molar-refractivity contribution in [2.24, 2.45) is 0 Å². The molecule has 0 saturated carbocycles. The fraction of sp³-hybridized carbons (Fsp3) is 0.750. The molecule has 1 amide bonds. The maximum Gasteiger partial charge on any atom is 0.338 e. The molecule has 1 aliphatic rings. The molecule has 2 unspecified atom stereocenters. The van der Waals surface area contributed by atoms with Crippen LogP contribution in [0.3, 0.4) is 0 Å². The van der Waals surface area contributed by atoms with Crippen LogP contribution in [0.4, 0.5) is 0 Å². The summed E-state index contributed by atoms with van der Waals surface area (Å²) in [5.74, 6) is -0.755. The third-order valence-electron chi connectivity index (χ3n) is 1.61. The van der Waals surface area contributed by atoms with Gasteiger partial charge in [0.15, 0.2) is 12.2 Å². The van der Waals surface area contributed by atoms with Gasteiger partial charge in [-0.15, -0.1) is 0 Å². The number of epoxide rings is 1. The van der Waals surface area contributed by atoms with Gasteiger partial charge in [-0.05, 0) is 13.8 Å². The van der Waals surface area contributed by atoms with Gasteiger partial charge in [-0.2, -0.15) is 0 Å². The van der Waals surface area contributed by atoms with E-state index < -0.39 is 18.2 Å². The van der Waals surface area contributed by atoms with Crippen LogP contribution in [-0.4, -0.2) is 37.2 Å². The smallest absolute Gasteiger partial charge is 0.338 e.